The van der Waals surface area contributed by atoms with Crippen LogP contribution in [0.5, 0.6) is 11.5 Å². The fraction of sp³-hybridized carbons (Fsp3) is 0.300. The Morgan fingerprint density at radius 2 is 1.61 bits per heavy atom. The third-order valence-corrected chi connectivity index (χ3v) is 4.12. The van der Waals surface area contributed by atoms with Crippen LogP contribution >= 0.6 is 0 Å². The zero-order chi connectivity index (χ0) is 22.8. The van der Waals surface area contributed by atoms with Gasteiger partial charge in [-0.05, 0) is 24.3 Å². The van der Waals surface area contributed by atoms with Gasteiger partial charge in [-0.1, -0.05) is 6.92 Å². The third-order valence-electron chi connectivity index (χ3n) is 4.12. The summed E-state index contributed by atoms with van der Waals surface area (Å²) >= 11 is 0. The fourth-order valence-corrected chi connectivity index (χ4v) is 2.75. The molecule has 0 aromatic heterocycles. The molecule has 0 atom stereocenters. The monoisotopic (exact) mass is 452 g/mol. The van der Waals surface area contributed by atoms with Crippen molar-refractivity contribution in [3.8, 4) is 11.5 Å². The maximum absolute atomic E-state index is 14.4. The van der Waals surface area contributed by atoms with Crippen LogP contribution in [0.1, 0.15) is 24.3 Å². The van der Waals surface area contributed by atoms with Crippen LogP contribution in [-0.2, 0) is 15.6 Å². The normalized spacial score (nSPS) is 19.1. The Balaban J connectivity index is 1.81. The van der Waals surface area contributed by atoms with Gasteiger partial charge < -0.3 is 18.9 Å². The summed E-state index contributed by atoms with van der Waals surface area (Å²) in [6, 6.07) is 3.14. The van der Waals surface area contributed by atoms with E-state index in [1.807, 2.05) is 6.92 Å². The van der Waals surface area contributed by atoms with E-state index >= 15 is 0 Å². The lowest BCUT2D eigenvalue weighted by Gasteiger charge is -2.28. The van der Waals surface area contributed by atoms with Crippen LogP contribution < -0.4 is 9.47 Å². The Kier molecular flexibility index (Phi) is 6.75. The second-order valence-corrected chi connectivity index (χ2v) is 6.70. The number of benzene rings is 2. The van der Waals surface area contributed by atoms with Gasteiger partial charge in [0.15, 0.2) is 24.1 Å². The quantitative estimate of drug-likeness (QED) is 0.396. The first-order valence-corrected chi connectivity index (χ1v) is 8.83. The molecule has 1 fully saturated rings. The second-order valence-electron chi connectivity index (χ2n) is 6.70. The molecule has 0 bridgehead atoms. The Labute approximate surface area is 171 Å². The number of halogens is 7. The summed E-state index contributed by atoms with van der Waals surface area (Å²) in [4.78, 5) is 0. The summed E-state index contributed by atoms with van der Waals surface area (Å²) < 4.78 is 115. The molecule has 1 aliphatic rings. The minimum Gasteiger partial charge on any atom is -0.456 e. The summed E-state index contributed by atoms with van der Waals surface area (Å²) in [5.41, 5.74) is -1.84. The highest BCUT2D eigenvalue weighted by Gasteiger charge is 2.42. The van der Waals surface area contributed by atoms with Crippen molar-refractivity contribution in [3.05, 3.63) is 71.3 Å². The second kappa shape index (κ2) is 9.15. The van der Waals surface area contributed by atoms with Crippen LogP contribution in [0.25, 0.3) is 0 Å². The van der Waals surface area contributed by atoms with Gasteiger partial charge in [0.1, 0.15) is 22.9 Å². The van der Waals surface area contributed by atoms with Crippen molar-refractivity contribution >= 4 is 0 Å². The predicted octanol–water partition coefficient (Wildman–Crippen LogP) is 6.03. The molecule has 2 aromatic rings. The van der Waals surface area contributed by atoms with Gasteiger partial charge in [0.25, 0.3) is 0 Å². The summed E-state index contributed by atoms with van der Waals surface area (Å²) in [6.07, 6.45) is -7.96. The number of rotatable bonds is 6. The Bertz CT molecular complexity index is 945. The number of alkyl halides is 2. The molecule has 2 aromatic carbocycles. The molecule has 0 unspecified atom stereocenters. The maximum Gasteiger partial charge on any atom is 0.432 e. The fourth-order valence-electron chi connectivity index (χ4n) is 2.75. The molecule has 4 nitrogen and oxygen atoms in total. The van der Waals surface area contributed by atoms with Crippen molar-refractivity contribution in [3.63, 3.8) is 0 Å². The molecule has 1 heterocycles. The van der Waals surface area contributed by atoms with E-state index in [0.29, 0.717) is 18.2 Å². The van der Waals surface area contributed by atoms with Gasteiger partial charge in [0.2, 0.25) is 0 Å². The Morgan fingerprint density at radius 1 is 1.00 bits per heavy atom. The molecule has 0 amide bonds. The minimum absolute atomic E-state index is 0.0553. The highest BCUT2D eigenvalue weighted by atomic mass is 19.3. The summed E-state index contributed by atoms with van der Waals surface area (Å²) in [6.45, 7) is 2.35. The van der Waals surface area contributed by atoms with Crippen molar-refractivity contribution < 1.29 is 49.7 Å². The lowest BCUT2D eigenvalue weighted by molar-refractivity contribution is -0.203. The molecule has 0 spiro atoms. The first kappa shape index (κ1) is 22.9. The molecule has 31 heavy (non-hydrogen) atoms. The average Bonchev–Trinajstić information content (AvgIpc) is 2.66. The zero-order valence-electron chi connectivity index (χ0n) is 15.8. The van der Waals surface area contributed by atoms with E-state index < -0.39 is 53.0 Å². The first-order chi connectivity index (χ1) is 14.6. The van der Waals surface area contributed by atoms with Gasteiger partial charge in [-0.25, -0.2) is 13.2 Å². The molecule has 0 aliphatic carbocycles. The standard InChI is InChI=1S/C20H15F7O4/c1-10-7-29-19(30-8-10)11-4-14(22)18(15(23)5-11)20(26,27)31-12-2-3-16(13(21)6-12)28-9-17(24)25/h2-6,9-10,19H,7-8H2,1H3. The molecule has 168 valence electrons. The van der Waals surface area contributed by atoms with E-state index in [1.54, 1.807) is 0 Å². The lowest BCUT2D eigenvalue weighted by Crippen LogP contribution is -2.27. The van der Waals surface area contributed by atoms with E-state index in [4.69, 9.17) is 9.47 Å². The number of ether oxygens (including phenoxy) is 4. The van der Waals surface area contributed by atoms with Crippen LogP contribution in [0.15, 0.2) is 42.7 Å². The number of hydrogen-bond acceptors (Lipinski definition) is 4. The van der Waals surface area contributed by atoms with Gasteiger partial charge in [-0.3, -0.25) is 0 Å². The molecule has 0 radical (unpaired) electrons. The first-order valence-electron chi connectivity index (χ1n) is 8.83. The van der Waals surface area contributed by atoms with Crippen LogP contribution in [0.2, 0.25) is 0 Å². The highest BCUT2D eigenvalue weighted by Crippen LogP contribution is 2.38. The Hall–Kier alpha value is -2.79. The predicted molar refractivity (Wildman–Crippen MR) is 92.0 cm³/mol. The van der Waals surface area contributed by atoms with Crippen molar-refractivity contribution in [1.82, 2.24) is 0 Å². The molecule has 1 saturated heterocycles. The minimum atomic E-state index is -4.53. The van der Waals surface area contributed by atoms with Crippen LogP contribution in [-0.4, -0.2) is 13.2 Å². The van der Waals surface area contributed by atoms with Crippen molar-refractivity contribution in [2.75, 3.05) is 13.2 Å². The van der Waals surface area contributed by atoms with Crippen molar-refractivity contribution in [2.45, 2.75) is 19.3 Å². The van der Waals surface area contributed by atoms with Crippen LogP contribution in [0.3, 0.4) is 0 Å². The molecule has 1 aliphatic heterocycles. The summed E-state index contributed by atoms with van der Waals surface area (Å²) in [7, 11) is 0. The third kappa shape index (κ3) is 5.47. The molecule has 0 N–H and O–H groups in total. The lowest BCUT2D eigenvalue weighted by atomic mass is 10.1. The van der Waals surface area contributed by atoms with E-state index in [-0.39, 0.29) is 31.0 Å². The van der Waals surface area contributed by atoms with Crippen LogP contribution in [0, 0.1) is 23.4 Å². The largest absolute Gasteiger partial charge is 0.456 e. The van der Waals surface area contributed by atoms with Crippen molar-refractivity contribution in [2.24, 2.45) is 5.92 Å². The van der Waals surface area contributed by atoms with E-state index in [1.165, 1.54) is 0 Å². The zero-order valence-corrected chi connectivity index (χ0v) is 15.8. The van der Waals surface area contributed by atoms with Gasteiger partial charge in [0, 0.05) is 17.5 Å². The summed E-state index contributed by atoms with van der Waals surface area (Å²) in [5, 5.41) is 0. The molecular weight excluding hydrogens is 437 g/mol. The van der Waals surface area contributed by atoms with Gasteiger partial charge in [-0.2, -0.15) is 17.6 Å². The van der Waals surface area contributed by atoms with Gasteiger partial charge >= 0.3 is 12.2 Å². The molecule has 0 saturated carbocycles. The van der Waals surface area contributed by atoms with E-state index in [9.17, 15) is 30.7 Å². The maximum atomic E-state index is 14.4. The van der Waals surface area contributed by atoms with Crippen LogP contribution in [0.4, 0.5) is 30.7 Å². The number of hydrogen-bond donors (Lipinski definition) is 0. The smallest absolute Gasteiger partial charge is 0.432 e. The SMILES string of the molecule is CC1COC(c2cc(F)c(C(F)(F)Oc3ccc(OC=C(F)F)c(F)c3)c(F)c2)OC1. The molecule has 3 rings (SSSR count). The Morgan fingerprint density at radius 3 is 2.16 bits per heavy atom. The van der Waals surface area contributed by atoms with E-state index in [2.05, 4.69) is 9.47 Å². The van der Waals surface area contributed by atoms with Gasteiger partial charge in [0.05, 0.1) is 13.2 Å². The van der Waals surface area contributed by atoms with Crippen molar-refractivity contribution in [1.29, 1.82) is 0 Å². The average molecular weight is 452 g/mol. The molecule has 11 heteroatoms. The summed E-state index contributed by atoms with van der Waals surface area (Å²) in [5.74, 6) is -6.04. The molecular formula is C20H15F7O4. The topological polar surface area (TPSA) is 36.9 Å². The van der Waals surface area contributed by atoms with Gasteiger partial charge in [-0.15, -0.1) is 0 Å². The highest BCUT2D eigenvalue weighted by molar-refractivity contribution is 5.35. The van der Waals surface area contributed by atoms with E-state index in [0.717, 1.165) is 12.1 Å².